The van der Waals surface area contributed by atoms with Gasteiger partial charge in [-0.25, -0.2) is 0 Å². The Morgan fingerprint density at radius 2 is 1.72 bits per heavy atom. The normalized spacial score (nSPS) is 13.6. The Hall–Kier alpha value is -3.00. The fraction of sp³-hybridized carbons (Fsp3) is 0.571. The predicted molar refractivity (Wildman–Crippen MR) is 137 cm³/mol. The third-order valence-electron chi connectivity index (χ3n) is 6.73. The number of methoxy groups -OCH3 is 3. The molecule has 8 heteroatoms. The van der Waals surface area contributed by atoms with Crippen LogP contribution in [0.15, 0.2) is 34.7 Å². The molecule has 0 atom stereocenters. The van der Waals surface area contributed by atoms with Crippen LogP contribution in [0.25, 0.3) is 0 Å². The first-order valence-corrected chi connectivity index (χ1v) is 12.8. The molecule has 0 radical (unpaired) electrons. The van der Waals surface area contributed by atoms with Gasteiger partial charge in [0.1, 0.15) is 11.5 Å². The number of carbonyl (C=O) groups is 2. The van der Waals surface area contributed by atoms with E-state index in [1.165, 1.54) is 0 Å². The summed E-state index contributed by atoms with van der Waals surface area (Å²) >= 11 is 0. The molecule has 0 unspecified atom stereocenters. The quantitative estimate of drug-likeness (QED) is 0.361. The van der Waals surface area contributed by atoms with Crippen LogP contribution in [0.5, 0.6) is 11.5 Å². The standard InChI is InChI=1S/C28H40N2O6/c1-21-10-12-24(36-21)19-29(16-14-22-11-13-25(34-3)26(18-22)35-4)27(31)20-30(15-7-17-33-2)28(32)23-8-5-6-9-23/h10-13,18,23H,5-9,14-17,19-20H2,1-4H3. The van der Waals surface area contributed by atoms with Crippen LogP contribution in [-0.2, 0) is 27.3 Å². The van der Waals surface area contributed by atoms with E-state index in [4.69, 9.17) is 18.6 Å². The summed E-state index contributed by atoms with van der Waals surface area (Å²) in [6.45, 7) is 3.85. The van der Waals surface area contributed by atoms with E-state index in [1.54, 1.807) is 31.1 Å². The zero-order valence-electron chi connectivity index (χ0n) is 22.1. The molecule has 36 heavy (non-hydrogen) atoms. The Morgan fingerprint density at radius 3 is 2.36 bits per heavy atom. The Kier molecular flexibility index (Phi) is 10.7. The van der Waals surface area contributed by atoms with Gasteiger partial charge in [-0.3, -0.25) is 9.59 Å². The maximum absolute atomic E-state index is 13.6. The fourth-order valence-corrected chi connectivity index (χ4v) is 4.71. The molecule has 1 aliphatic rings. The minimum absolute atomic E-state index is 0.0216. The van der Waals surface area contributed by atoms with Crippen LogP contribution in [-0.4, -0.2) is 69.2 Å². The van der Waals surface area contributed by atoms with Gasteiger partial charge in [0.2, 0.25) is 11.8 Å². The highest BCUT2D eigenvalue weighted by molar-refractivity contribution is 5.86. The van der Waals surface area contributed by atoms with Gasteiger partial charge in [0.15, 0.2) is 11.5 Å². The molecule has 0 N–H and O–H groups in total. The Bertz CT molecular complexity index is 982. The van der Waals surface area contributed by atoms with E-state index in [2.05, 4.69) is 0 Å². The molecule has 1 aromatic carbocycles. The zero-order chi connectivity index (χ0) is 25.9. The number of nitrogens with zero attached hydrogens (tertiary/aromatic N) is 2. The van der Waals surface area contributed by atoms with E-state index in [0.717, 1.165) is 42.8 Å². The van der Waals surface area contributed by atoms with E-state index >= 15 is 0 Å². The summed E-state index contributed by atoms with van der Waals surface area (Å²) in [5.74, 6) is 2.86. The van der Waals surface area contributed by atoms with Crippen molar-refractivity contribution in [3.05, 3.63) is 47.4 Å². The van der Waals surface area contributed by atoms with Crippen molar-refractivity contribution in [2.75, 3.05) is 47.6 Å². The number of furan rings is 1. The molecule has 198 valence electrons. The summed E-state index contributed by atoms with van der Waals surface area (Å²) in [5, 5.41) is 0. The number of hydrogen-bond donors (Lipinski definition) is 0. The van der Waals surface area contributed by atoms with Crippen molar-refractivity contribution < 1.29 is 28.2 Å². The van der Waals surface area contributed by atoms with Gasteiger partial charge in [-0.1, -0.05) is 18.9 Å². The van der Waals surface area contributed by atoms with Crippen molar-refractivity contribution in [1.82, 2.24) is 9.80 Å². The average molecular weight is 501 g/mol. The third kappa shape index (κ3) is 7.75. The molecule has 1 aromatic heterocycles. The number of carbonyl (C=O) groups excluding carboxylic acids is 2. The van der Waals surface area contributed by atoms with Gasteiger partial charge in [0.25, 0.3) is 0 Å². The molecule has 1 saturated carbocycles. The first kappa shape index (κ1) is 27.6. The van der Waals surface area contributed by atoms with Crippen LogP contribution in [0.1, 0.15) is 49.2 Å². The van der Waals surface area contributed by atoms with Gasteiger partial charge in [0, 0.05) is 32.7 Å². The highest BCUT2D eigenvalue weighted by Crippen LogP contribution is 2.28. The average Bonchev–Trinajstić information content (AvgIpc) is 3.57. The van der Waals surface area contributed by atoms with Gasteiger partial charge >= 0.3 is 0 Å². The summed E-state index contributed by atoms with van der Waals surface area (Å²) in [6.07, 6.45) is 5.29. The lowest BCUT2D eigenvalue weighted by molar-refractivity contribution is -0.143. The zero-order valence-corrected chi connectivity index (χ0v) is 22.1. The van der Waals surface area contributed by atoms with Crippen LogP contribution in [0.4, 0.5) is 0 Å². The highest BCUT2D eigenvalue weighted by atomic mass is 16.5. The van der Waals surface area contributed by atoms with Crippen LogP contribution in [0, 0.1) is 12.8 Å². The van der Waals surface area contributed by atoms with Gasteiger partial charge in [-0.15, -0.1) is 0 Å². The molecule has 1 aliphatic carbocycles. The SMILES string of the molecule is COCCCN(CC(=O)N(CCc1ccc(OC)c(OC)c1)Cc1ccc(C)o1)C(=O)C1CCCC1. The molecular weight excluding hydrogens is 460 g/mol. The van der Waals surface area contributed by atoms with Crippen molar-refractivity contribution >= 4 is 11.8 Å². The van der Waals surface area contributed by atoms with E-state index < -0.39 is 0 Å². The lowest BCUT2D eigenvalue weighted by Gasteiger charge is -2.29. The van der Waals surface area contributed by atoms with Crippen molar-refractivity contribution in [3.63, 3.8) is 0 Å². The molecule has 2 aromatic rings. The maximum Gasteiger partial charge on any atom is 0.242 e. The summed E-state index contributed by atoms with van der Waals surface area (Å²) in [4.78, 5) is 30.3. The number of amides is 2. The smallest absolute Gasteiger partial charge is 0.242 e. The fourth-order valence-electron chi connectivity index (χ4n) is 4.71. The second-order valence-electron chi connectivity index (χ2n) is 9.35. The van der Waals surface area contributed by atoms with Gasteiger partial charge in [0.05, 0.1) is 27.3 Å². The molecule has 3 rings (SSSR count). The van der Waals surface area contributed by atoms with E-state index in [0.29, 0.717) is 50.6 Å². The largest absolute Gasteiger partial charge is 0.493 e. The van der Waals surface area contributed by atoms with E-state index in [9.17, 15) is 9.59 Å². The third-order valence-corrected chi connectivity index (χ3v) is 6.73. The lowest BCUT2D eigenvalue weighted by Crippen LogP contribution is -2.45. The van der Waals surface area contributed by atoms with Crippen LogP contribution >= 0.6 is 0 Å². The summed E-state index contributed by atoms with van der Waals surface area (Å²) < 4.78 is 21.7. The molecular formula is C28H40N2O6. The summed E-state index contributed by atoms with van der Waals surface area (Å²) in [7, 11) is 4.86. The highest BCUT2D eigenvalue weighted by Gasteiger charge is 2.29. The predicted octanol–water partition coefficient (Wildman–Crippen LogP) is 4.23. The first-order chi connectivity index (χ1) is 17.4. The Labute approximate surface area is 214 Å². The Balaban J connectivity index is 1.73. The number of hydrogen-bond acceptors (Lipinski definition) is 6. The number of benzene rings is 1. The molecule has 0 saturated heterocycles. The monoisotopic (exact) mass is 500 g/mol. The van der Waals surface area contributed by atoms with Crippen molar-refractivity contribution in [2.45, 2.75) is 52.0 Å². The first-order valence-electron chi connectivity index (χ1n) is 12.8. The van der Waals surface area contributed by atoms with Gasteiger partial charge < -0.3 is 28.4 Å². The summed E-state index contributed by atoms with van der Waals surface area (Å²) in [6, 6.07) is 9.56. The second-order valence-corrected chi connectivity index (χ2v) is 9.35. The molecule has 1 fully saturated rings. The molecule has 0 spiro atoms. The maximum atomic E-state index is 13.6. The number of ether oxygens (including phenoxy) is 3. The summed E-state index contributed by atoms with van der Waals surface area (Å²) in [5.41, 5.74) is 1.03. The van der Waals surface area contributed by atoms with Crippen molar-refractivity contribution in [2.24, 2.45) is 5.92 Å². The molecule has 8 nitrogen and oxygen atoms in total. The molecule has 2 amide bonds. The second kappa shape index (κ2) is 13.9. The Morgan fingerprint density at radius 1 is 0.972 bits per heavy atom. The van der Waals surface area contributed by atoms with Gasteiger partial charge in [-0.05, 0) is 62.4 Å². The van der Waals surface area contributed by atoms with Crippen LogP contribution < -0.4 is 9.47 Å². The minimum atomic E-state index is -0.0895. The lowest BCUT2D eigenvalue weighted by atomic mass is 10.1. The molecule has 0 bridgehead atoms. The van der Waals surface area contributed by atoms with Gasteiger partial charge in [-0.2, -0.15) is 0 Å². The number of rotatable bonds is 14. The molecule has 0 aliphatic heterocycles. The van der Waals surface area contributed by atoms with Crippen molar-refractivity contribution in [3.8, 4) is 11.5 Å². The minimum Gasteiger partial charge on any atom is -0.493 e. The van der Waals surface area contributed by atoms with E-state index in [1.807, 2.05) is 37.3 Å². The number of aryl methyl sites for hydroxylation is 1. The van der Waals surface area contributed by atoms with Crippen LogP contribution in [0.3, 0.4) is 0 Å². The topological polar surface area (TPSA) is 81.5 Å². The van der Waals surface area contributed by atoms with Crippen LogP contribution in [0.2, 0.25) is 0 Å². The van der Waals surface area contributed by atoms with E-state index in [-0.39, 0.29) is 24.3 Å². The molecule has 1 heterocycles. The van der Waals surface area contributed by atoms with Crippen molar-refractivity contribution in [1.29, 1.82) is 0 Å².